The minimum Gasteiger partial charge on any atom is -0.508 e. The van der Waals surface area contributed by atoms with Crippen LogP contribution in [0.25, 0.3) is 17.1 Å². The van der Waals surface area contributed by atoms with E-state index in [0.717, 1.165) is 11.3 Å². The predicted molar refractivity (Wildman–Crippen MR) is 128 cm³/mol. The van der Waals surface area contributed by atoms with E-state index < -0.39 is 0 Å². The van der Waals surface area contributed by atoms with E-state index in [1.165, 1.54) is 36.2 Å². The van der Waals surface area contributed by atoms with Gasteiger partial charge in [0.25, 0.3) is 5.91 Å². The minimum absolute atomic E-state index is 0.0461. The number of hydrazone groups is 1. The van der Waals surface area contributed by atoms with Crippen LogP contribution in [0.1, 0.15) is 5.56 Å². The molecule has 8 nitrogen and oxygen atoms in total. The number of rotatable bonds is 7. The summed E-state index contributed by atoms with van der Waals surface area (Å²) in [7, 11) is 0. The van der Waals surface area contributed by atoms with Crippen molar-refractivity contribution in [2.45, 2.75) is 5.16 Å². The zero-order valence-electron chi connectivity index (χ0n) is 17.1. The molecule has 0 aliphatic rings. The number of nitrogens with one attached hydrogen (secondary N) is 1. The first-order valence-corrected chi connectivity index (χ1v) is 11.1. The number of benzene rings is 3. The van der Waals surface area contributed by atoms with Gasteiger partial charge in [-0.15, -0.1) is 10.2 Å². The van der Waals surface area contributed by atoms with Crippen molar-refractivity contribution in [3.63, 3.8) is 0 Å². The lowest BCUT2D eigenvalue weighted by atomic mass is 10.2. The highest BCUT2D eigenvalue weighted by Crippen LogP contribution is 2.28. The Bertz CT molecular complexity index is 1290. The number of hydrogen-bond donors (Lipinski definition) is 3. The highest BCUT2D eigenvalue weighted by atomic mass is 35.5. The Morgan fingerprint density at radius 3 is 2.55 bits per heavy atom. The van der Waals surface area contributed by atoms with Crippen LogP contribution in [-0.4, -0.2) is 42.9 Å². The molecule has 0 fully saturated rings. The molecule has 33 heavy (non-hydrogen) atoms. The first-order valence-electron chi connectivity index (χ1n) is 9.75. The number of aromatic hydroxyl groups is 2. The van der Waals surface area contributed by atoms with Crippen LogP contribution < -0.4 is 5.43 Å². The molecule has 0 saturated heterocycles. The van der Waals surface area contributed by atoms with Crippen LogP contribution in [0.15, 0.2) is 83.1 Å². The highest BCUT2D eigenvalue weighted by Gasteiger charge is 2.17. The molecule has 3 aromatic carbocycles. The van der Waals surface area contributed by atoms with E-state index in [1.54, 1.807) is 12.1 Å². The van der Waals surface area contributed by atoms with Crippen LogP contribution >= 0.6 is 23.4 Å². The normalized spacial score (nSPS) is 11.1. The lowest BCUT2D eigenvalue weighted by molar-refractivity contribution is -0.118. The summed E-state index contributed by atoms with van der Waals surface area (Å²) in [6.07, 6.45) is 1.29. The summed E-state index contributed by atoms with van der Waals surface area (Å²) in [4.78, 5) is 12.3. The summed E-state index contributed by atoms with van der Waals surface area (Å²) in [6, 6.07) is 21.0. The summed E-state index contributed by atoms with van der Waals surface area (Å²) in [5.74, 6) is 0.107. The number of aromatic nitrogens is 3. The van der Waals surface area contributed by atoms with Crippen molar-refractivity contribution >= 4 is 35.5 Å². The summed E-state index contributed by atoms with van der Waals surface area (Å²) >= 11 is 7.23. The van der Waals surface area contributed by atoms with Gasteiger partial charge in [0, 0.05) is 27.9 Å². The first kappa shape index (κ1) is 22.4. The van der Waals surface area contributed by atoms with Crippen LogP contribution in [0.4, 0.5) is 0 Å². The third-order valence-electron chi connectivity index (χ3n) is 4.49. The number of halogens is 1. The van der Waals surface area contributed by atoms with E-state index in [2.05, 4.69) is 20.7 Å². The summed E-state index contributed by atoms with van der Waals surface area (Å²) in [5.41, 5.74) is 4.47. The largest absolute Gasteiger partial charge is 0.508 e. The number of hydrogen-bond acceptors (Lipinski definition) is 7. The van der Waals surface area contributed by atoms with Gasteiger partial charge in [0.2, 0.25) is 0 Å². The van der Waals surface area contributed by atoms with Gasteiger partial charge >= 0.3 is 0 Å². The van der Waals surface area contributed by atoms with Gasteiger partial charge in [-0.3, -0.25) is 9.36 Å². The Hall–Kier alpha value is -3.82. The molecule has 0 atom stereocenters. The van der Waals surface area contributed by atoms with Gasteiger partial charge in [0.05, 0.1) is 12.0 Å². The fourth-order valence-electron chi connectivity index (χ4n) is 2.94. The molecule has 1 amide bonds. The van der Waals surface area contributed by atoms with Crippen molar-refractivity contribution in [3.05, 3.63) is 83.4 Å². The Kier molecular flexibility index (Phi) is 6.92. The summed E-state index contributed by atoms with van der Waals surface area (Å²) in [6.45, 7) is 0. The molecule has 0 saturated carbocycles. The second-order valence-electron chi connectivity index (χ2n) is 6.81. The van der Waals surface area contributed by atoms with E-state index >= 15 is 0 Å². The molecule has 0 bridgehead atoms. The molecule has 0 aliphatic heterocycles. The first-order chi connectivity index (χ1) is 16.0. The SMILES string of the molecule is O=C(CSc1nnc(-c2ccc(Cl)cc2)n1-c1ccccc1)N/N=C/c1ccc(O)cc1O. The maximum atomic E-state index is 12.3. The molecule has 166 valence electrons. The molecule has 4 aromatic rings. The van der Waals surface area contributed by atoms with Crippen molar-refractivity contribution in [1.29, 1.82) is 0 Å². The van der Waals surface area contributed by atoms with Gasteiger partial charge in [-0.05, 0) is 48.5 Å². The van der Waals surface area contributed by atoms with Crippen LogP contribution in [0, 0.1) is 0 Å². The lowest BCUT2D eigenvalue weighted by Crippen LogP contribution is -2.20. The zero-order chi connectivity index (χ0) is 23.2. The Labute approximate surface area is 198 Å². The van der Waals surface area contributed by atoms with Crippen molar-refractivity contribution in [3.8, 4) is 28.6 Å². The van der Waals surface area contributed by atoms with E-state index in [0.29, 0.717) is 21.6 Å². The van der Waals surface area contributed by atoms with Gasteiger partial charge < -0.3 is 10.2 Å². The topological polar surface area (TPSA) is 113 Å². The van der Waals surface area contributed by atoms with Gasteiger partial charge in [-0.25, -0.2) is 5.43 Å². The maximum absolute atomic E-state index is 12.3. The summed E-state index contributed by atoms with van der Waals surface area (Å²) in [5, 5.41) is 32.7. The number of amides is 1. The number of phenolic OH excluding ortho intramolecular Hbond substituents is 2. The van der Waals surface area contributed by atoms with Gasteiger partial charge in [-0.1, -0.05) is 41.6 Å². The molecule has 3 N–H and O–H groups in total. The number of carbonyl (C=O) groups excluding carboxylic acids is 1. The smallest absolute Gasteiger partial charge is 0.250 e. The molecule has 4 rings (SSSR count). The number of phenols is 2. The highest BCUT2D eigenvalue weighted by molar-refractivity contribution is 7.99. The predicted octanol–water partition coefficient (Wildman–Crippen LogP) is 4.24. The lowest BCUT2D eigenvalue weighted by Gasteiger charge is -2.10. The van der Waals surface area contributed by atoms with Crippen molar-refractivity contribution in [2.24, 2.45) is 5.10 Å². The Morgan fingerprint density at radius 2 is 1.82 bits per heavy atom. The monoisotopic (exact) mass is 479 g/mol. The zero-order valence-corrected chi connectivity index (χ0v) is 18.7. The second-order valence-corrected chi connectivity index (χ2v) is 8.19. The average Bonchev–Trinajstić information content (AvgIpc) is 3.24. The Morgan fingerprint density at radius 1 is 1.06 bits per heavy atom. The van der Waals surface area contributed by atoms with Gasteiger partial charge in [-0.2, -0.15) is 5.10 Å². The minimum atomic E-state index is -0.356. The molecule has 10 heteroatoms. The van der Waals surface area contributed by atoms with E-state index in [-0.39, 0.29) is 23.2 Å². The molecule has 0 unspecified atom stereocenters. The van der Waals surface area contributed by atoms with Crippen molar-refractivity contribution < 1.29 is 15.0 Å². The van der Waals surface area contributed by atoms with Gasteiger partial charge in [0.1, 0.15) is 11.5 Å². The molecule has 1 heterocycles. The van der Waals surface area contributed by atoms with E-state index in [1.807, 2.05) is 47.0 Å². The third kappa shape index (κ3) is 5.51. The number of carbonyl (C=O) groups is 1. The number of thioether (sulfide) groups is 1. The van der Waals surface area contributed by atoms with Gasteiger partial charge in [0.15, 0.2) is 11.0 Å². The van der Waals surface area contributed by atoms with Crippen LogP contribution in [0.2, 0.25) is 5.02 Å². The fourth-order valence-corrected chi connectivity index (χ4v) is 3.81. The fraction of sp³-hybridized carbons (Fsp3) is 0.0435. The molecule has 0 aliphatic carbocycles. The maximum Gasteiger partial charge on any atom is 0.250 e. The van der Waals surface area contributed by atoms with Crippen molar-refractivity contribution in [1.82, 2.24) is 20.2 Å². The quantitative estimate of drug-likeness (QED) is 0.207. The molecule has 1 aromatic heterocycles. The second kappa shape index (κ2) is 10.2. The van der Waals surface area contributed by atoms with Crippen LogP contribution in [0.3, 0.4) is 0 Å². The van der Waals surface area contributed by atoms with Crippen molar-refractivity contribution in [2.75, 3.05) is 5.75 Å². The molecular formula is C23H18ClN5O3S. The average molecular weight is 480 g/mol. The summed E-state index contributed by atoms with van der Waals surface area (Å²) < 4.78 is 1.87. The third-order valence-corrected chi connectivity index (χ3v) is 5.67. The molecular weight excluding hydrogens is 462 g/mol. The van der Waals surface area contributed by atoms with E-state index in [4.69, 9.17) is 11.6 Å². The Balaban J connectivity index is 1.49. The molecule has 0 spiro atoms. The van der Waals surface area contributed by atoms with E-state index in [9.17, 15) is 15.0 Å². The molecule has 0 radical (unpaired) electrons. The van der Waals surface area contributed by atoms with Crippen LogP contribution in [-0.2, 0) is 4.79 Å². The standard InChI is InChI=1S/C23H18ClN5O3S/c24-17-9-6-15(7-10-17)22-27-28-23(29(22)18-4-2-1-3-5-18)33-14-21(32)26-25-13-16-8-11-19(30)12-20(16)31/h1-13,30-31H,14H2,(H,26,32)/b25-13+. The van der Waals surface area contributed by atoms with Crippen LogP contribution in [0.5, 0.6) is 11.5 Å². The number of nitrogens with zero attached hydrogens (tertiary/aromatic N) is 4. The number of para-hydroxylation sites is 1.